The summed E-state index contributed by atoms with van der Waals surface area (Å²) >= 11 is 0. The molecule has 0 amide bonds. The third-order valence-electron chi connectivity index (χ3n) is 3.42. The fourth-order valence-electron chi connectivity index (χ4n) is 2.51. The normalized spacial score (nSPS) is 11.2. The molecule has 0 heterocycles. The van der Waals surface area contributed by atoms with Gasteiger partial charge < -0.3 is 0 Å². The molecule has 0 saturated heterocycles. The van der Waals surface area contributed by atoms with Gasteiger partial charge in [0.1, 0.15) is 0 Å². The highest BCUT2D eigenvalue weighted by atomic mass is 28.3. The number of hydrogen-bond acceptors (Lipinski definition) is 0. The molecule has 0 aromatic heterocycles. The highest BCUT2D eigenvalue weighted by Crippen LogP contribution is 2.31. The van der Waals surface area contributed by atoms with Crippen molar-refractivity contribution in [1.29, 1.82) is 0 Å². The molecule has 0 unspecified atom stereocenters. The molecule has 0 nitrogen and oxygen atoms in total. The number of hydrogen-bond donors (Lipinski definition) is 0. The van der Waals surface area contributed by atoms with Crippen LogP contribution in [0.3, 0.4) is 0 Å². The van der Waals surface area contributed by atoms with Gasteiger partial charge in [0.15, 0.2) is 0 Å². The summed E-state index contributed by atoms with van der Waals surface area (Å²) in [7, 11) is 0.316. The Balaban J connectivity index is 4.48. The van der Waals surface area contributed by atoms with Crippen LogP contribution in [0.15, 0.2) is 38.0 Å². The van der Waals surface area contributed by atoms with Crippen LogP contribution in [0.2, 0.25) is 30.2 Å². The van der Waals surface area contributed by atoms with E-state index >= 15 is 0 Å². The summed E-state index contributed by atoms with van der Waals surface area (Å²) in [6.07, 6.45) is 9.91. The van der Waals surface area contributed by atoms with Crippen LogP contribution in [0.5, 0.6) is 0 Å². The van der Waals surface area contributed by atoms with Crippen LogP contribution in [0, 0.1) is 0 Å². The minimum absolute atomic E-state index is 1.04. The van der Waals surface area contributed by atoms with E-state index in [9.17, 15) is 0 Å². The Morgan fingerprint density at radius 1 is 0.750 bits per heavy atom. The first-order valence-electron chi connectivity index (χ1n) is 6.57. The Labute approximate surface area is 106 Å². The second-order valence-corrected chi connectivity index (χ2v) is 10.7. The van der Waals surface area contributed by atoms with Crippen LogP contribution in [-0.2, 0) is 0 Å². The average molecular weight is 253 g/mol. The molecule has 0 aliphatic carbocycles. The summed E-state index contributed by atoms with van der Waals surface area (Å²) in [5.41, 5.74) is 0. The lowest BCUT2D eigenvalue weighted by molar-refractivity contribution is 0.987. The zero-order valence-electron chi connectivity index (χ0n) is 11.0. The largest absolute Gasteiger partial charge is 0.103 e. The van der Waals surface area contributed by atoms with Gasteiger partial charge in [0.25, 0.3) is 0 Å². The monoisotopic (exact) mass is 252 g/mol. The van der Waals surface area contributed by atoms with E-state index in [1.54, 1.807) is 0 Å². The molecule has 2 heteroatoms. The highest BCUT2D eigenvalue weighted by Gasteiger charge is 2.29. The molecule has 0 fully saturated rings. The number of rotatable bonds is 11. The molecule has 0 aliphatic rings. The molecule has 0 saturated carbocycles. The SMILES string of the molecule is C=CCC[Si](CC[SiH3])(CCC=C)CCC=C. The number of allylic oxidation sites excluding steroid dienone is 3. The van der Waals surface area contributed by atoms with E-state index in [-0.39, 0.29) is 0 Å². The van der Waals surface area contributed by atoms with Crippen molar-refractivity contribution >= 4 is 18.3 Å². The van der Waals surface area contributed by atoms with Crippen molar-refractivity contribution in [3.8, 4) is 0 Å². The van der Waals surface area contributed by atoms with Crippen molar-refractivity contribution in [2.75, 3.05) is 0 Å². The van der Waals surface area contributed by atoms with Crippen LogP contribution in [0.4, 0.5) is 0 Å². The molecule has 0 bridgehead atoms. The maximum atomic E-state index is 3.88. The molecule has 0 spiro atoms. The first-order valence-corrected chi connectivity index (χ1v) is 10.8. The summed E-state index contributed by atoms with van der Waals surface area (Å²) in [4.78, 5) is 0. The van der Waals surface area contributed by atoms with E-state index < -0.39 is 8.07 Å². The van der Waals surface area contributed by atoms with Gasteiger partial charge in [-0.05, 0) is 19.3 Å². The standard InChI is InChI=1S/C14H28Si2/c1-4-7-11-16(14-10-15,12-8-5-2)13-9-6-3/h4-6H,1-3,7-14H2,15H3. The topological polar surface area (TPSA) is 0 Å². The van der Waals surface area contributed by atoms with E-state index in [0.29, 0.717) is 0 Å². The maximum absolute atomic E-state index is 3.88. The zero-order chi connectivity index (χ0) is 12.3. The smallest absolute Gasteiger partial charge is 0.0541 e. The van der Waals surface area contributed by atoms with Crippen molar-refractivity contribution in [2.45, 2.75) is 49.5 Å². The van der Waals surface area contributed by atoms with Gasteiger partial charge in [0, 0.05) is 10.2 Å². The van der Waals surface area contributed by atoms with E-state index in [0.717, 1.165) is 0 Å². The van der Waals surface area contributed by atoms with Gasteiger partial charge in [-0.1, -0.05) is 48.4 Å². The van der Waals surface area contributed by atoms with Crippen LogP contribution in [0.25, 0.3) is 0 Å². The Hall–Kier alpha value is -0.346. The molecule has 0 aromatic carbocycles. The van der Waals surface area contributed by atoms with E-state index in [4.69, 9.17) is 0 Å². The molecule has 16 heavy (non-hydrogen) atoms. The van der Waals surface area contributed by atoms with Crippen LogP contribution in [0.1, 0.15) is 19.3 Å². The summed E-state index contributed by atoms with van der Waals surface area (Å²) in [6.45, 7) is 11.6. The van der Waals surface area contributed by atoms with E-state index in [1.807, 2.05) is 0 Å². The zero-order valence-corrected chi connectivity index (χ0v) is 14.0. The molecule has 0 aromatic rings. The van der Waals surface area contributed by atoms with Crippen molar-refractivity contribution in [2.24, 2.45) is 0 Å². The Morgan fingerprint density at radius 3 is 1.38 bits per heavy atom. The van der Waals surface area contributed by atoms with Gasteiger partial charge in [-0.15, -0.1) is 19.7 Å². The minimum atomic E-state index is -1.04. The second kappa shape index (κ2) is 9.85. The van der Waals surface area contributed by atoms with Crippen LogP contribution in [-0.4, -0.2) is 18.3 Å². The third-order valence-corrected chi connectivity index (χ3v) is 10.5. The third kappa shape index (κ3) is 6.28. The Bertz CT molecular complexity index is 177. The molecule has 92 valence electrons. The quantitative estimate of drug-likeness (QED) is 0.386. The summed E-state index contributed by atoms with van der Waals surface area (Å²) in [6, 6.07) is 7.29. The van der Waals surface area contributed by atoms with Gasteiger partial charge >= 0.3 is 0 Å². The second-order valence-electron chi connectivity index (χ2n) is 4.73. The highest BCUT2D eigenvalue weighted by molar-refractivity contribution is 6.80. The lowest BCUT2D eigenvalue weighted by Crippen LogP contribution is -2.33. The maximum Gasteiger partial charge on any atom is 0.0541 e. The lowest BCUT2D eigenvalue weighted by Gasteiger charge is -2.31. The fourth-order valence-corrected chi connectivity index (χ4v) is 10.7. The minimum Gasteiger partial charge on any atom is -0.103 e. The van der Waals surface area contributed by atoms with Gasteiger partial charge in [-0.2, -0.15) is 0 Å². The summed E-state index contributed by atoms with van der Waals surface area (Å²) in [5, 5.41) is 0. The lowest BCUT2D eigenvalue weighted by atomic mass is 10.5. The van der Waals surface area contributed by atoms with Crippen LogP contribution < -0.4 is 0 Å². The van der Waals surface area contributed by atoms with Crippen molar-refractivity contribution < 1.29 is 0 Å². The average Bonchev–Trinajstić information content (AvgIpc) is 2.31. The first kappa shape index (κ1) is 15.7. The predicted octanol–water partition coefficient (Wildman–Crippen LogP) is 3.95. The molecule has 0 radical (unpaired) electrons. The Morgan fingerprint density at radius 2 is 1.12 bits per heavy atom. The van der Waals surface area contributed by atoms with Crippen molar-refractivity contribution in [1.82, 2.24) is 0 Å². The van der Waals surface area contributed by atoms with E-state index in [2.05, 4.69) is 38.0 Å². The molecule has 0 aliphatic heterocycles. The molecule has 0 rings (SSSR count). The summed E-state index contributed by atoms with van der Waals surface area (Å²) < 4.78 is 0. The van der Waals surface area contributed by atoms with Crippen LogP contribution >= 0.6 is 0 Å². The van der Waals surface area contributed by atoms with Gasteiger partial charge in [-0.3, -0.25) is 0 Å². The molecule has 0 atom stereocenters. The molecular formula is C14H28Si2. The van der Waals surface area contributed by atoms with Crippen molar-refractivity contribution in [3.05, 3.63) is 38.0 Å². The van der Waals surface area contributed by atoms with Crippen molar-refractivity contribution in [3.63, 3.8) is 0 Å². The Kier molecular flexibility index (Phi) is 9.64. The van der Waals surface area contributed by atoms with Gasteiger partial charge in [0.05, 0.1) is 8.07 Å². The fraction of sp³-hybridized carbons (Fsp3) is 0.571. The summed E-state index contributed by atoms with van der Waals surface area (Å²) in [5.74, 6) is 0. The van der Waals surface area contributed by atoms with Gasteiger partial charge in [0.2, 0.25) is 0 Å². The van der Waals surface area contributed by atoms with Gasteiger partial charge in [-0.25, -0.2) is 0 Å². The van der Waals surface area contributed by atoms with E-state index in [1.165, 1.54) is 59.7 Å². The molecule has 0 N–H and O–H groups in total. The predicted molar refractivity (Wildman–Crippen MR) is 84.2 cm³/mol. The first-order chi connectivity index (χ1) is 7.74. The molecular weight excluding hydrogens is 224 g/mol.